The molecule has 0 aliphatic heterocycles. The lowest BCUT2D eigenvalue weighted by atomic mass is 9.96. The Morgan fingerprint density at radius 2 is 2.00 bits per heavy atom. The minimum atomic E-state index is -0.331. The number of amides is 1. The van der Waals surface area contributed by atoms with Crippen LogP contribution in [0.15, 0.2) is 54.5 Å². The van der Waals surface area contributed by atoms with Crippen LogP contribution in [-0.4, -0.2) is 38.3 Å². The summed E-state index contributed by atoms with van der Waals surface area (Å²) in [6.07, 6.45) is 5.65. The summed E-state index contributed by atoms with van der Waals surface area (Å²) in [6, 6.07) is 8.75. The average Bonchev–Trinajstić information content (AvgIpc) is 3.17. The number of benzene rings is 1. The third-order valence-electron chi connectivity index (χ3n) is 5.21. The molecular weight excluding hydrogens is 464 g/mol. The zero-order chi connectivity index (χ0) is 25.8. The Balaban J connectivity index is 1.72. The van der Waals surface area contributed by atoms with Gasteiger partial charge in [0, 0.05) is 53.8 Å². The van der Waals surface area contributed by atoms with Crippen LogP contribution in [0.5, 0.6) is 5.75 Å². The number of pyridine rings is 1. The van der Waals surface area contributed by atoms with E-state index in [0.717, 1.165) is 22.8 Å². The van der Waals surface area contributed by atoms with Crippen molar-refractivity contribution in [3.63, 3.8) is 0 Å². The van der Waals surface area contributed by atoms with Gasteiger partial charge in [0.2, 0.25) is 0 Å². The molecule has 35 heavy (non-hydrogen) atoms. The lowest BCUT2D eigenvalue weighted by molar-refractivity contribution is 0.0964. The second-order valence-corrected chi connectivity index (χ2v) is 10.1. The molecule has 2 aromatic heterocycles. The van der Waals surface area contributed by atoms with Crippen molar-refractivity contribution in [1.29, 1.82) is 0 Å². The van der Waals surface area contributed by atoms with Gasteiger partial charge in [-0.3, -0.25) is 9.78 Å². The molecule has 2 N–H and O–H groups in total. The largest absolute Gasteiger partial charge is 0.489 e. The first-order valence-corrected chi connectivity index (χ1v) is 11.9. The predicted octanol–water partition coefficient (Wildman–Crippen LogP) is 5.07. The highest BCUT2D eigenvalue weighted by Gasteiger charge is 2.21. The molecule has 0 aliphatic carbocycles. The number of aliphatic hydroxyl groups is 1. The van der Waals surface area contributed by atoms with Crippen molar-refractivity contribution in [2.75, 3.05) is 6.61 Å². The summed E-state index contributed by atoms with van der Waals surface area (Å²) in [6.45, 7) is 9.99. The van der Waals surface area contributed by atoms with Gasteiger partial charge < -0.3 is 19.7 Å². The Hall–Kier alpha value is -3.16. The average molecular weight is 497 g/mol. The molecule has 0 spiro atoms. The quantitative estimate of drug-likeness (QED) is 0.454. The molecule has 0 saturated carbocycles. The van der Waals surface area contributed by atoms with Gasteiger partial charge in [-0.15, -0.1) is 0 Å². The molecule has 0 atom stereocenters. The van der Waals surface area contributed by atoms with E-state index in [-0.39, 0.29) is 24.0 Å². The van der Waals surface area contributed by atoms with E-state index in [0.29, 0.717) is 28.5 Å². The lowest BCUT2D eigenvalue weighted by Gasteiger charge is -2.17. The second-order valence-electron chi connectivity index (χ2n) is 9.70. The van der Waals surface area contributed by atoms with Gasteiger partial charge in [-0.25, -0.2) is 4.98 Å². The molecule has 0 fully saturated rings. The van der Waals surface area contributed by atoms with E-state index in [9.17, 15) is 9.90 Å². The van der Waals surface area contributed by atoms with Crippen molar-refractivity contribution in [2.24, 2.45) is 7.05 Å². The van der Waals surface area contributed by atoms with Crippen LogP contribution < -0.4 is 10.1 Å². The molecular formula is C27H33ClN4O3. The molecule has 1 amide bonds. The van der Waals surface area contributed by atoms with E-state index in [1.165, 1.54) is 0 Å². The van der Waals surface area contributed by atoms with Crippen molar-refractivity contribution in [3.05, 3.63) is 76.6 Å². The first-order valence-electron chi connectivity index (χ1n) is 11.5. The molecule has 2 heterocycles. The van der Waals surface area contributed by atoms with Crippen LogP contribution in [-0.2, 0) is 18.9 Å². The third-order valence-corrected chi connectivity index (χ3v) is 5.50. The number of ether oxygens (including phenoxy) is 1. The number of nitrogens with one attached hydrogen (secondary N) is 1. The number of aromatic nitrogens is 3. The summed E-state index contributed by atoms with van der Waals surface area (Å²) in [4.78, 5) is 22.1. The topological polar surface area (TPSA) is 89.3 Å². The smallest absolute Gasteiger partial charge is 0.255 e. The van der Waals surface area contributed by atoms with Crippen molar-refractivity contribution < 1.29 is 14.6 Å². The van der Waals surface area contributed by atoms with Gasteiger partial charge in [0.25, 0.3) is 5.91 Å². The normalized spacial score (nSPS) is 12.2. The Morgan fingerprint density at radius 3 is 2.54 bits per heavy atom. The molecule has 0 saturated heterocycles. The van der Waals surface area contributed by atoms with Gasteiger partial charge >= 0.3 is 0 Å². The van der Waals surface area contributed by atoms with E-state index in [1.54, 1.807) is 30.5 Å². The zero-order valence-electron chi connectivity index (χ0n) is 21.1. The van der Waals surface area contributed by atoms with E-state index in [4.69, 9.17) is 21.3 Å². The number of nitrogens with zero attached hydrogens (tertiary/aromatic N) is 3. The van der Waals surface area contributed by atoms with Gasteiger partial charge in [0.05, 0.1) is 23.4 Å². The fourth-order valence-electron chi connectivity index (χ4n) is 3.67. The molecule has 0 aliphatic rings. The predicted molar refractivity (Wildman–Crippen MR) is 139 cm³/mol. The molecule has 0 bridgehead atoms. The number of rotatable bonds is 8. The number of carbonyl (C=O) groups excluding carboxylic acids is 1. The molecule has 1 aromatic carbocycles. The maximum atomic E-state index is 12.8. The van der Waals surface area contributed by atoms with E-state index in [1.807, 2.05) is 43.8 Å². The van der Waals surface area contributed by atoms with E-state index >= 15 is 0 Å². The molecule has 0 radical (unpaired) electrons. The highest BCUT2D eigenvalue weighted by molar-refractivity contribution is 6.32. The standard InChI is InChI=1S/C27H33ClN4O3/c1-17(2)35-24-10-8-18(13-22(24)28)25(34)30-21(11-12-33)14-20-9-7-19(15-29-20)23-16-32(6)26(31-23)27(3,4)5/h7-11,13,15-17,33H,12,14H2,1-6H3,(H,30,34)/b21-11+. The fourth-order valence-corrected chi connectivity index (χ4v) is 3.89. The Bertz CT molecular complexity index is 1210. The maximum absolute atomic E-state index is 12.8. The summed E-state index contributed by atoms with van der Waals surface area (Å²) < 4.78 is 7.66. The maximum Gasteiger partial charge on any atom is 0.255 e. The molecule has 0 unspecified atom stereocenters. The van der Waals surface area contributed by atoms with Crippen molar-refractivity contribution in [2.45, 2.75) is 52.6 Å². The Kier molecular flexibility index (Phi) is 8.35. The number of aliphatic hydroxyl groups excluding tert-OH is 1. The van der Waals surface area contributed by atoms with Crippen LogP contribution in [0, 0.1) is 0 Å². The lowest BCUT2D eigenvalue weighted by Crippen LogP contribution is -2.24. The van der Waals surface area contributed by atoms with E-state index in [2.05, 4.69) is 31.1 Å². The van der Waals surface area contributed by atoms with Gasteiger partial charge in [0.15, 0.2) is 0 Å². The number of hydrogen-bond donors (Lipinski definition) is 2. The second kappa shape index (κ2) is 11.1. The minimum Gasteiger partial charge on any atom is -0.489 e. The SMILES string of the molecule is CC(C)Oc1ccc(C(=O)N/C(=C/CO)Cc2ccc(-c3cn(C)c(C(C)(C)C)n3)cn2)cc1Cl. The van der Waals surface area contributed by atoms with Crippen molar-refractivity contribution in [1.82, 2.24) is 19.9 Å². The molecule has 3 rings (SSSR count). The van der Waals surface area contributed by atoms with E-state index < -0.39 is 0 Å². The monoisotopic (exact) mass is 496 g/mol. The first kappa shape index (κ1) is 26.4. The van der Waals surface area contributed by atoms with Crippen LogP contribution in [0.4, 0.5) is 0 Å². The highest BCUT2D eigenvalue weighted by atomic mass is 35.5. The molecule has 3 aromatic rings. The van der Waals surface area contributed by atoms with Crippen LogP contribution in [0.25, 0.3) is 11.3 Å². The van der Waals surface area contributed by atoms with Gasteiger partial charge in [-0.2, -0.15) is 0 Å². The van der Waals surface area contributed by atoms with Crippen molar-refractivity contribution in [3.8, 4) is 17.0 Å². The number of hydrogen-bond acceptors (Lipinski definition) is 5. The first-order chi connectivity index (χ1) is 16.5. The summed E-state index contributed by atoms with van der Waals surface area (Å²) >= 11 is 6.27. The number of aryl methyl sites for hydroxylation is 1. The highest BCUT2D eigenvalue weighted by Crippen LogP contribution is 2.27. The summed E-state index contributed by atoms with van der Waals surface area (Å²) in [7, 11) is 1.99. The third kappa shape index (κ3) is 6.93. The molecule has 7 nitrogen and oxygen atoms in total. The Morgan fingerprint density at radius 1 is 1.26 bits per heavy atom. The van der Waals surface area contributed by atoms with Crippen LogP contribution in [0.2, 0.25) is 5.02 Å². The number of allylic oxidation sites excluding steroid dienone is 1. The summed E-state index contributed by atoms with van der Waals surface area (Å²) in [5, 5.41) is 12.7. The summed E-state index contributed by atoms with van der Waals surface area (Å²) in [5.41, 5.74) is 3.40. The van der Waals surface area contributed by atoms with Gasteiger partial charge in [-0.1, -0.05) is 32.4 Å². The zero-order valence-corrected chi connectivity index (χ0v) is 21.8. The molecule has 186 valence electrons. The van der Waals surface area contributed by atoms with Crippen molar-refractivity contribution >= 4 is 17.5 Å². The Labute approximate surface area is 211 Å². The van der Waals surface area contributed by atoms with Crippen LogP contribution in [0.3, 0.4) is 0 Å². The number of carbonyl (C=O) groups is 1. The van der Waals surface area contributed by atoms with Crippen LogP contribution in [0.1, 0.15) is 56.5 Å². The van der Waals surface area contributed by atoms with Gasteiger partial charge in [-0.05, 0) is 50.3 Å². The van der Waals surface area contributed by atoms with Crippen LogP contribution >= 0.6 is 11.6 Å². The fraction of sp³-hybridized carbons (Fsp3) is 0.370. The summed E-state index contributed by atoms with van der Waals surface area (Å²) in [5.74, 6) is 1.19. The van der Waals surface area contributed by atoms with Gasteiger partial charge in [0.1, 0.15) is 11.6 Å². The molecule has 8 heteroatoms. The number of halogens is 1. The minimum absolute atomic E-state index is 0.0247. The number of imidazole rings is 1.